The van der Waals surface area contributed by atoms with E-state index in [-0.39, 0.29) is 43.8 Å². The van der Waals surface area contributed by atoms with Gasteiger partial charge in [0.05, 0.1) is 13.1 Å². The van der Waals surface area contributed by atoms with Crippen molar-refractivity contribution in [2.45, 2.75) is 19.3 Å². The molecule has 0 spiro atoms. The summed E-state index contributed by atoms with van der Waals surface area (Å²) in [5.41, 5.74) is 5.10. The zero-order chi connectivity index (χ0) is 15.2. The predicted octanol–water partition coefficient (Wildman–Crippen LogP) is 0.716. The number of carbonyl (C=O) groups is 2. The second-order valence-electron chi connectivity index (χ2n) is 5.12. The highest BCUT2D eigenvalue weighted by Crippen LogP contribution is 2.24. The molecule has 0 atom stereocenters. The quantitative estimate of drug-likeness (QED) is 0.722. The standard InChI is InChI=1S/C14H20FN3O2.ClH/c1-14(2,10-5-3-4-6-11(10)15)9-18-13(20)8-17-12(19)7-16;/h3-6H,7-9,16H2,1-2H3,(H,17,19)(H,18,20);1H. The summed E-state index contributed by atoms with van der Waals surface area (Å²) in [6.45, 7) is 3.65. The van der Waals surface area contributed by atoms with Gasteiger partial charge in [-0.05, 0) is 11.6 Å². The fourth-order valence-corrected chi connectivity index (χ4v) is 1.74. The molecule has 0 aliphatic rings. The molecule has 0 fully saturated rings. The molecule has 21 heavy (non-hydrogen) atoms. The number of benzene rings is 1. The van der Waals surface area contributed by atoms with E-state index in [0.717, 1.165) is 0 Å². The summed E-state index contributed by atoms with van der Waals surface area (Å²) in [7, 11) is 0. The van der Waals surface area contributed by atoms with Crippen LogP contribution in [-0.2, 0) is 15.0 Å². The van der Waals surface area contributed by atoms with Crippen LogP contribution in [0.2, 0.25) is 0 Å². The fourth-order valence-electron chi connectivity index (χ4n) is 1.74. The highest BCUT2D eigenvalue weighted by molar-refractivity contribution is 5.85. The number of hydrogen-bond acceptors (Lipinski definition) is 3. The molecule has 1 aromatic carbocycles. The number of nitrogens with two attached hydrogens (primary N) is 1. The number of carbonyl (C=O) groups excluding carboxylic acids is 2. The van der Waals surface area contributed by atoms with Gasteiger partial charge in [-0.15, -0.1) is 12.4 Å². The monoisotopic (exact) mass is 317 g/mol. The third kappa shape index (κ3) is 6.10. The first-order chi connectivity index (χ1) is 9.36. The van der Waals surface area contributed by atoms with Gasteiger partial charge >= 0.3 is 0 Å². The average Bonchev–Trinajstić information content (AvgIpc) is 2.42. The van der Waals surface area contributed by atoms with Crippen LogP contribution in [0.3, 0.4) is 0 Å². The summed E-state index contributed by atoms with van der Waals surface area (Å²) in [6.07, 6.45) is 0. The maximum absolute atomic E-state index is 13.7. The minimum absolute atomic E-state index is 0. The zero-order valence-corrected chi connectivity index (χ0v) is 12.9. The lowest BCUT2D eigenvalue weighted by atomic mass is 9.84. The third-order valence-corrected chi connectivity index (χ3v) is 2.96. The van der Waals surface area contributed by atoms with Gasteiger partial charge in [-0.3, -0.25) is 9.59 Å². The highest BCUT2D eigenvalue weighted by Gasteiger charge is 2.24. The first kappa shape index (κ1) is 19.3. The average molecular weight is 318 g/mol. The minimum atomic E-state index is -0.543. The van der Waals surface area contributed by atoms with Crippen LogP contribution in [0.25, 0.3) is 0 Å². The molecule has 0 aliphatic carbocycles. The van der Waals surface area contributed by atoms with Gasteiger partial charge < -0.3 is 16.4 Å². The Kier molecular flexibility index (Phi) is 7.91. The highest BCUT2D eigenvalue weighted by atomic mass is 35.5. The number of rotatable bonds is 6. The van der Waals surface area contributed by atoms with Crippen LogP contribution in [-0.4, -0.2) is 31.4 Å². The van der Waals surface area contributed by atoms with Crippen LogP contribution in [0.4, 0.5) is 4.39 Å². The van der Waals surface area contributed by atoms with Crippen molar-refractivity contribution in [2.24, 2.45) is 5.73 Å². The van der Waals surface area contributed by atoms with E-state index in [9.17, 15) is 14.0 Å². The van der Waals surface area contributed by atoms with Gasteiger partial charge in [0.25, 0.3) is 0 Å². The number of amides is 2. The van der Waals surface area contributed by atoms with E-state index >= 15 is 0 Å². The Morgan fingerprint density at radius 1 is 1.19 bits per heavy atom. The molecule has 0 radical (unpaired) electrons. The molecule has 5 nitrogen and oxygen atoms in total. The maximum Gasteiger partial charge on any atom is 0.239 e. The lowest BCUT2D eigenvalue weighted by Crippen LogP contribution is -2.43. The van der Waals surface area contributed by atoms with Gasteiger partial charge in [-0.25, -0.2) is 4.39 Å². The van der Waals surface area contributed by atoms with Crippen molar-refractivity contribution < 1.29 is 14.0 Å². The predicted molar refractivity (Wildman–Crippen MR) is 81.7 cm³/mol. The third-order valence-electron chi connectivity index (χ3n) is 2.96. The van der Waals surface area contributed by atoms with Crippen LogP contribution in [0.15, 0.2) is 24.3 Å². The number of nitrogens with one attached hydrogen (secondary N) is 2. The smallest absolute Gasteiger partial charge is 0.239 e. The van der Waals surface area contributed by atoms with E-state index in [1.54, 1.807) is 18.2 Å². The van der Waals surface area contributed by atoms with Crippen molar-refractivity contribution in [1.82, 2.24) is 10.6 Å². The first-order valence-corrected chi connectivity index (χ1v) is 6.35. The molecule has 0 saturated heterocycles. The van der Waals surface area contributed by atoms with Crippen LogP contribution < -0.4 is 16.4 Å². The second kappa shape index (κ2) is 8.59. The van der Waals surface area contributed by atoms with Crippen molar-refractivity contribution in [3.63, 3.8) is 0 Å². The maximum atomic E-state index is 13.7. The van der Waals surface area contributed by atoms with Gasteiger partial charge in [0.2, 0.25) is 11.8 Å². The molecule has 0 heterocycles. The Bertz CT molecular complexity index is 495. The lowest BCUT2D eigenvalue weighted by molar-refractivity contribution is -0.125. The Morgan fingerprint density at radius 3 is 2.38 bits per heavy atom. The molecule has 0 saturated carbocycles. The zero-order valence-electron chi connectivity index (χ0n) is 12.1. The largest absolute Gasteiger partial charge is 0.354 e. The van der Waals surface area contributed by atoms with Gasteiger partial charge in [-0.2, -0.15) is 0 Å². The van der Waals surface area contributed by atoms with E-state index in [1.807, 2.05) is 13.8 Å². The van der Waals surface area contributed by atoms with Crippen molar-refractivity contribution in [2.75, 3.05) is 19.6 Å². The summed E-state index contributed by atoms with van der Waals surface area (Å²) in [5.74, 6) is -1.03. The van der Waals surface area contributed by atoms with Gasteiger partial charge in [-0.1, -0.05) is 32.0 Å². The van der Waals surface area contributed by atoms with Crippen LogP contribution in [0, 0.1) is 5.82 Å². The molecule has 1 rings (SSSR count). The number of halogens is 2. The Labute approximate surface area is 129 Å². The van der Waals surface area contributed by atoms with Crippen LogP contribution in [0.1, 0.15) is 19.4 Å². The number of hydrogen-bond donors (Lipinski definition) is 3. The molecular formula is C14H21ClFN3O2. The molecule has 118 valence electrons. The minimum Gasteiger partial charge on any atom is -0.354 e. The molecule has 1 aromatic rings. The Balaban J connectivity index is 0.00000400. The van der Waals surface area contributed by atoms with Gasteiger partial charge in [0.1, 0.15) is 5.82 Å². The van der Waals surface area contributed by atoms with E-state index in [0.29, 0.717) is 5.56 Å². The summed E-state index contributed by atoms with van der Waals surface area (Å²) >= 11 is 0. The van der Waals surface area contributed by atoms with Gasteiger partial charge in [0.15, 0.2) is 0 Å². The summed E-state index contributed by atoms with van der Waals surface area (Å²) in [6, 6.07) is 6.46. The van der Waals surface area contributed by atoms with Crippen molar-refractivity contribution in [3.8, 4) is 0 Å². The first-order valence-electron chi connectivity index (χ1n) is 6.35. The summed E-state index contributed by atoms with van der Waals surface area (Å²) in [5, 5.41) is 5.04. The topological polar surface area (TPSA) is 84.2 Å². The fraction of sp³-hybridized carbons (Fsp3) is 0.429. The molecule has 2 amide bonds. The molecule has 0 aromatic heterocycles. The van der Waals surface area contributed by atoms with Crippen molar-refractivity contribution in [3.05, 3.63) is 35.6 Å². The molecule has 7 heteroatoms. The van der Waals surface area contributed by atoms with E-state index in [1.165, 1.54) is 6.07 Å². The van der Waals surface area contributed by atoms with E-state index < -0.39 is 11.3 Å². The van der Waals surface area contributed by atoms with E-state index in [2.05, 4.69) is 10.6 Å². The molecule has 4 N–H and O–H groups in total. The van der Waals surface area contributed by atoms with E-state index in [4.69, 9.17) is 5.73 Å². The summed E-state index contributed by atoms with van der Waals surface area (Å²) in [4.78, 5) is 22.5. The van der Waals surface area contributed by atoms with Crippen molar-refractivity contribution in [1.29, 1.82) is 0 Å². The summed E-state index contributed by atoms with van der Waals surface area (Å²) < 4.78 is 13.7. The van der Waals surface area contributed by atoms with Gasteiger partial charge in [0, 0.05) is 12.0 Å². The second-order valence-corrected chi connectivity index (χ2v) is 5.12. The Hall–Kier alpha value is -1.66. The normalized spacial score (nSPS) is 10.5. The Morgan fingerprint density at radius 2 is 1.81 bits per heavy atom. The van der Waals surface area contributed by atoms with Crippen molar-refractivity contribution >= 4 is 24.2 Å². The SMILES string of the molecule is CC(C)(CNC(=O)CNC(=O)CN)c1ccccc1F.Cl. The lowest BCUT2D eigenvalue weighted by Gasteiger charge is -2.26. The molecule has 0 aliphatic heterocycles. The van der Waals surface area contributed by atoms with Crippen LogP contribution >= 0.6 is 12.4 Å². The molecular weight excluding hydrogens is 297 g/mol. The molecule has 0 unspecified atom stereocenters. The molecule has 0 bridgehead atoms. The van der Waals surface area contributed by atoms with Crippen LogP contribution in [0.5, 0.6) is 0 Å².